The van der Waals surface area contributed by atoms with Crippen LogP contribution in [0.5, 0.6) is 0 Å². The van der Waals surface area contributed by atoms with E-state index < -0.39 is 30.0 Å². The van der Waals surface area contributed by atoms with Gasteiger partial charge >= 0.3 is 7.12 Å². The van der Waals surface area contributed by atoms with E-state index in [0.717, 1.165) is 23.0 Å². The Hall–Kier alpha value is -1.57. The van der Waals surface area contributed by atoms with E-state index in [1.165, 1.54) is 24.1 Å². The fraction of sp³-hybridized carbons (Fsp3) is 0.400. The molecule has 0 saturated carbocycles. The molecule has 1 aliphatic rings. The molecule has 1 N–H and O–H groups in total. The van der Waals surface area contributed by atoms with Crippen molar-refractivity contribution >= 4 is 30.2 Å². The van der Waals surface area contributed by atoms with Crippen molar-refractivity contribution in [3.05, 3.63) is 48.0 Å². The van der Waals surface area contributed by atoms with Crippen LogP contribution in [-0.4, -0.2) is 24.1 Å². The molecule has 3 rings (SSSR count). The maximum Gasteiger partial charge on any atom is 0.494 e. The third-order valence-electron chi connectivity index (χ3n) is 5.06. The van der Waals surface area contributed by atoms with Crippen LogP contribution in [0.25, 0.3) is 11.1 Å². The van der Waals surface area contributed by atoms with Gasteiger partial charge < -0.3 is 14.0 Å². The Morgan fingerprint density at radius 1 is 1.00 bits per heavy atom. The van der Waals surface area contributed by atoms with Gasteiger partial charge in [-0.1, -0.05) is 24.9 Å². The summed E-state index contributed by atoms with van der Waals surface area (Å²) in [4.78, 5) is 0. The molecule has 3 nitrogen and oxygen atoms in total. The van der Waals surface area contributed by atoms with Crippen LogP contribution in [0.3, 0.4) is 0 Å². The van der Waals surface area contributed by atoms with Crippen LogP contribution in [0, 0.1) is 11.6 Å². The minimum absolute atomic E-state index is 0.333. The minimum Gasteiger partial charge on any atom is -0.399 e. The second-order valence-electron chi connectivity index (χ2n) is 7.59. The van der Waals surface area contributed by atoms with Crippen molar-refractivity contribution in [1.82, 2.24) is 0 Å². The van der Waals surface area contributed by atoms with Gasteiger partial charge in [-0.25, -0.2) is 8.78 Å². The number of hydrogen-bond acceptors (Lipinski definition) is 4. The third kappa shape index (κ3) is 4.15. The normalized spacial score (nSPS) is 18.0. The quantitative estimate of drug-likeness (QED) is 0.573. The van der Waals surface area contributed by atoms with E-state index in [2.05, 4.69) is 4.72 Å². The molecule has 0 aromatic heterocycles. The summed E-state index contributed by atoms with van der Waals surface area (Å²) in [5.74, 6) is -0.325. The van der Waals surface area contributed by atoms with Crippen molar-refractivity contribution in [3.63, 3.8) is 0 Å². The maximum atomic E-state index is 14.3. The summed E-state index contributed by atoms with van der Waals surface area (Å²) in [6.07, 6.45) is 0. The summed E-state index contributed by atoms with van der Waals surface area (Å²) in [6.45, 7) is 9.99. The van der Waals surface area contributed by atoms with Crippen molar-refractivity contribution in [2.75, 3.05) is 10.5 Å². The van der Waals surface area contributed by atoms with Gasteiger partial charge in [-0.15, -0.1) is 0 Å². The zero-order chi connectivity index (χ0) is 19.8. The van der Waals surface area contributed by atoms with Crippen molar-refractivity contribution in [3.8, 4) is 11.1 Å². The second-order valence-corrected chi connectivity index (χ2v) is 8.66. The number of benzene rings is 2. The first-order valence-corrected chi connectivity index (χ1v) is 9.95. The molecule has 27 heavy (non-hydrogen) atoms. The van der Waals surface area contributed by atoms with Gasteiger partial charge in [0, 0.05) is 23.1 Å². The van der Waals surface area contributed by atoms with E-state index >= 15 is 0 Å². The first-order chi connectivity index (χ1) is 12.6. The van der Waals surface area contributed by atoms with Gasteiger partial charge in [-0.3, -0.25) is 0 Å². The lowest BCUT2D eigenvalue weighted by molar-refractivity contribution is 0.00578. The molecule has 2 aromatic carbocycles. The summed E-state index contributed by atoms with van der Waals surface area (Å²) < 4.78 is 43.2. The zero-order valence-electron chi connectivity index (χ0n) is 16.2. The van der Waals surface area contributed by atoms with Crippen LogP contribution < -0.4 is 10.2 Å². The molecule has 0 unspecified atom stereocenters. The Balaban J connectivity index is 2.04. The van der Waals surface area contributed by atoms with E-state index in [4.69, 9.17) is 9.31 Å². The lowest BCUT2D eigenvalue weighted by atomic mass is 9.77. The fourth-order valence-electron chi connectivity index (χ4n) is 2.86. The topological polar surface area (TPSA) is 30.5 Å². The molecule has 0 radical (unpaired) electrons. The first kappa shape index (κ1) is 20.2. The molecule has 144 valence electrons. The van der Waals surface area contributed by atoms with Crippen molar-refractivity contribution in [2.24, 2.45) is 0 Å². The van der Waals surface area contributed by atoms with Crippen LogP contribution >= 0.6 is 11.9 Å². The summed E-state index contributed by atoms with van der Waals surface area (Å²) in [7, 11) is -0.564. The van der Waals surface area contributed by atoms with Crippen LogP contribution in [0.1, 0.15) is 34.6 Å². The molecule has 1 heterocycles. The van der Waals surface area contributed by atoms with Crippen LogP contribution in [0.4, 0.5) is 14.5 Å². The Bertz CT molecular complexity index is 829. The van der Waals surface area contributed by atoms with E-state index in [9.17, 15) is 8.78 Å². The first-order valence-electron chi connectivity index (χ1n) is 8.97. The summed E-state index contributed by atoms with van der Waals surface area (Å²) >= 11 is 1.54. The predicted octanol–water partition coefficient (Wildman–Crippen LogP) is 5.01. The average Bonchev–Trinajstić information content (AvgIpc) is 2.80. The number of anilines is 1. The standard InChI is InChI=1S/C20H24BF2NO2S/c1-6-27-24-16-10-13(17-8-7-15(22)12-18(17)23)9-14(11-16)21-25-19(2,3)20(4,5)26-21/h7-12,24H,6H2,1-5H3. The van der Waals surface area contributed by atoms with Gasteiger partial charge in [0.2, 0.25) is 0 Å². The van der Waals surface area contributed by atoms with Gasteiger partial charge in [0.25, 0.3) is 0 Å². The maximum absolute atomic E-state index is 14.3. The highest BCUT2D eigenvalue weighted by atomic mass is 32.2. The third-order valence-corrected chi connectivity index (χ3v) is 5.73. The number of rotatable bonds is 5. The van der Waals surface area contributed by atoms with E-state index in [1.54, 1.807) is 0 Å². The molecule has 0 aliphatic carbocycles. The van der Waals surface area contributed by atoms with Crippen molar-refractivity contribution < 1.29 is 18.1 Å². The molecule has 0 bridgehead atoms. The Morgan fingerprint density at radius 3 is 2.26 bits per heavy atom. The number of hydrogen-bond donors (Lipinski definition) is 1. The fourth-order valence-corrected chi connectivity index (χ4v) is 3.29. The SMILES string of the molecule is CCSNc1cc(B2OC(C)(C)C(C)(C)O2)cc(-c2ccc(F)cc2F)c1. The summed E-state index contributed by atoms with van der Waals surface area (Å²) in [5, 5.41) is 0. The van der Waals surface area contributed by atoms with Crippen LogP contribution in [0.2, 0.25) is 0 Å². The highest BCUT2D eigenvalue weighted by molar-refractivity contribution is 8.00. The molecule has 0 amide bonds. The van der Waals surface area contributed by atoms with Gasteiger partial charge in [0.05, 0.1) is 11.2 Å². The Kier molecular flexibility index (Phi) is 5.57. The molecular formula is C20H24BF2NO2S. The summed E-state index contributed by atoms with van der Waals surface area (Å²) in [5.41, 5.74) is 1.63. The van der Waals surface area contributed by atoms with Crippen LogP contribution in [-0.2, 0) is 9.31 Å². The largest absolute Gasteiger partial charge is 0.494 e. The Morgan fingerprint density at radius 2 is 1.67 bits per heavy atom. The average molecular weight is 391 g/mol. The molecule has 2 aromatic rings. The monoisotopic (exact) mass is 391 g/mol. The van der Waals surface area contributed by atoms with E-state index in [1.807, 2.05) is 52.8 Å². The summed E-state index contributed by atoms with van der Waals surface area (Å²) in [6, 6.07) is 9.22. The van der Waals surface area contributed by atoms with Gasteiger partial charge in [-0.05, 0) is 63.0 Å². The smallest absolute Gasteiger partial charge is 0.399 e. The highest BCUT2D eigenvalue weighted by Gasteiger charge is 2.51. The molecule has 1 saturated heterocycles. The number of halogens is 2. The van der Waals surface area contributed by atoms with Gasteiger partial charge in [0.15, 0.2) is 0 Å². The number of nitrogens with one attached hydrogen (secondary N) is 1. The molecule has 0 spiro atoms. The Labute approximate surface area is 164 Å². The molecule has 1 fully saturated rings. The molecule has 0 atom stereocenters. The van der Waals surface area contributed by atoms with E-state index in [-0.39, 0.29) is 0 Å². The molecule has 7 heteroatoms. The van der Waals surface area contributed by atoms with Crippen molar-refractivity contribution in [2.45, 2.75) is 45.8 Å². The zero-order valence-corrected chi connectivity index (χ0v) is 17.0. The highest BCUT2D eigenvalue weighted by Crippen LogP contribution is 2.37. The predicted molar refractivity (Wildman–Crippen MR) is 109 cm³/mol. The van der Waals surface area contributed by atoms with E-state index in [0.29, 0.717) is 11.1 Å². The molecular weight excluding hydrogens is 367 g/mol. The van der Waals surface area contributed by atoms with Crippen molar-refractivity contribution in [1.29, 1.82) is 0 Å². The van der Waals surface area contributed by atoms with Gasteiger partial charge in [0.1, 0.15) is 11.6 Å². The molecule has 1 aliphatic heterocycles. The lowest BCUT2D eigenvalue weighted by Gasteiger charge is -2.32. The van der Waals surface area contributed by atoms with Gasteiger partial charge in [-0.2, -0.15) is 0 Å². The minimum atomic E-state index is -0.602. The van der Waals surface area contributed by atoms with Crippen LogP contribution in [0.15, 0.2) is 36.4 Å². The second kappa shape index (κ2) is 7.45. The lowest BCUT2D eigenvalue weighted by Crippen LogP contribution is -2.41.